The molecule has 1 fully saturated rings. The van der Waals surface area contributed by atoms with Crippen molar-refractivity contribution in [3.05, 3.63) is 65.2 Å². The lowest BCUT2D eigenvalue weighted by molar-refractivity contribution is 0.00359. The lowest BCUT2D eigenvalue weighted by atomic mass is 10.0. The summed E-state index contributed by atoms with van der Waals surface area (Å²) in [6.07, 6.45) is 0. The molecule has 1 aliphatic heterocycles. The van der Waals surface area contributed by atoms with Gasteiger partial charge in [-0.2, -0.15) is 0 Å². The Morgan fingerprint density at radius 3 is 2.52 bits per heavy atom. The maximum atomic E-state index is 12.8. The van der Waals surface area contributed by atoms with Crippen LogP contribution in [-0.2, 0) is 4.74 Å². The number of benzene rings is 2. The molecule has 1 heterocycles. The fraction of sp³-hybridized carbons (Fsp3) is 0.364. The molecule has 1 saturated heterocycles. The van der Waals surface area contributed by atoms with Crippen LogP contribution in [0.2, 0.25) is 0 Å². The summed E-state index contributed by atoms with van der Waals surface area (Å²) in [5, 5.41) is 2.88. The van der Waals surface area contributed by atoms with Gasteiger partial charge in [-0.25, -0.2) is 0 Å². The summed E-state index contributed by atoms with van der Waals surface area (Å²) in [6, 6.07) is 14.7. The Morgan fingerprint density at radius 1 is 1.11 bits per heavy atom. The fourth-order valence-electron chi connectivity index (χ4n) is 3.15. The molecule has 5 heteroatoms. The quantitative estimate of drug-likeness (QED) is 0.892. The predicted octanol–water partition coefficient (Wildman–Crippen LogP) is 3.92. The van der Waals surface area contributed by atoms with Crippen LogP contribution >= 0.6 is 0 Å². The molecule has 0 radical (unpaired) electrons. The van der Waals surface area contributed by atoms with Crippen molar-refractivity contribution in [2.24, 2.45) is 0 Å². The van der Waals surface area contributed by atoms with E-state index in [1.54, 1.807) is 24.3 Å². The largest absolute Gasteiger partial charge is 0.377 e. The molecule has 0 spiro atoms. The Kier molecular flexibility index (Phi) is 5.91. The van der Waals surface area contributed by atoms with Gasteiger partial charge in [-0.1, -0.05) is 32.0 Å². The van der Waals surface area contributed by atoms with Gasteiger partial charge < -0.3 is 15.0 Å². The highest BCUT2D eigenvalue weighted by Gasteiger charge is 2.24. The topological polar surface area (TPSA) is 58.6 Å². The van der Waals surface area contributed by atoms with Crippen molar-refractivity contribution in [1.82, 2.24) is 4.90 Å². The summed E-state index contributed by atoms with van der Waals surface area (Å²) in [5.74, 6) is 0.199. The van der Waals surface area contributed by atoms with E-state index in [9.17, 15) is 9.59 Å². The van der Waals surface area contributed by atoms with Crippen LogP contribution in [-0.4, -0.2) is 42.5 Å². The predicted molar refractivity (Wildman–Crippen MR) is 106 cm³/mol. The molecule has 1 unspecified atom stereocenters. The summed E-state index contributed by atoms with van der Waals surface area (Å²) in [7, 11) is 0. The molecule has 27 heavy (non-hydrogen) atoms. The lowest BCUT2D eigenvalue weighted by Gasteiger charge is -2.33. The molecule has 0 aliphatic carbocycles. The molecule has 2 aromatic carbocycles. The van der Waals surface area contributed by atoms with E-state index in [-0.39, 0.29) is 17.9 Å². The molecule has 0 aromatic heterocycles. The highest BCUT2D eigenvalue weighted by Crippen LogP contribution is 2.18. The van der Waals surface area contributed by atoms with E-state index < -0.39 is 0 Å². The monoisotopic (exact) mass is 366 g/mol. The zero-order chi connectivity index (χ0) is 19.4. The van der Waals surface area contributed by atoms with Crippen molar-refractivity contribution in [3.63, 3.8) is 0 Å². The Bertz CT molecular complexity index is 815. The van der Waals surface area contributed by atoms with E-state index in [0.717, 1.165) is 0 Å². The summed E-state index contributed by atoms with van der Waals surface area (Å²) < 4.78 is 5.40. The lowest BCUT2D eigenvalue weighted by Crippen LogP contribution is -2.47. The van der Waals surface area contributed by atoms with E-state index in [1.165, 1.54) is 5.56 Å². The summed E-state index contributed by atoms with van der Waals surface area (Å²) >= 11 is 0. The van der Waals surface area contributed by atoms with Crippen molar-refractivity contribution < 1.29 is 14.3 Å². The summed E-state index contributed by atoms with van der Waals surface area (Å²) in [4.78, 5) is 27.1. The van der Waals surface area contributed by atoms with Crippen LogP contribution in [0.4, 0.5) is 5.69 Å². The first-order chi connectivity index (χ1) is 13.0. The molecular weight excluding hydrogens is 340 g/mol. The van der Waals surface area contributed by atoms with Gasteiger partial charge >= 0.3 is 0 Å². The van der Waals surface area contributed by atoms with Gasteiger partial charge in [-0.05, 0) is 48.7 Å². The number of nitrogens with zero attached hydrogens (tertiary/aromatic N) is 1. The smallest absolute Gasteiger partial charge is 0.255 e. The number of morpholine rings is 1. The third-order valence-electron chi connectivity index (χ3n) is 4.84. The Morgan fingerprint density at radius 2 is 1.85 bits per heavy atom. The molecule has 1 N–H and O–H groups in total. The highest BCUT2D eigenvalue weighted by molar-refractivity contribution is 6.05. The van der Waals surface area contributed by atoms with Gasteiger partial charge in [0, 0.05) is 23.4 Å². The van der Waals surface area contributed by atoms with Crippen LogP contribution in [0.3, 0.4) is 0 Å². The molecule has 1 aliphatic rings. The number of anilines is 1. The Balaban J connectivity index is 1.71. The minimum atomic E-state index is -0.186. The molecule has 2 aromatic rings. The van der Waals surface area contributed by atoms with Crippen LogP contribution in [0.25, 0.3) is 0 Å². The van der Waals surface area contributed by atoms with Crippen LogP contribution in [0.15, 0.2) is 48.5 Å². The summed E-state index contributed by atoms with van der Waals surface area (Å²) in [5.41, 5.74) is 2.97. The first kappa shape index (κ1) is 19.1. The number of hydrogen-bond donors (Lipinski definition) is 1. The Labute approximate surface area is 160 Å². The molecule has 0 saturated carbocycles. The number of amides is 2. The van der Waals surface area contributed by atoms with Crippen LogP contribution in [0.5, 0.6) is 0 Å². The maximum Gasteiger partial charge on any atom is 0.255 e. The Hall–Kier alpha value is -2.66. The zero-order valence-electron chi connectivity index (χ0n) is 16.1. The number of carbonyl (C=O) groups excluding carboxylic acids is 2. The fourth-order valence-corrected chi connectivity index (χ4v) is 3.15. The van der Waals surface area contributed by atoms with Crippen LogP contribution in [0.1, 0.15) is 53.0 Å². The van der Waals surface area contributed by atoms with Crippen molar-refractivity contribution in [2.45, 2.75) is 32.7 Å². The van der Waals surface area contributed by atoms with Gasteiger partial charge in [0.2, 0.25) is 0 Å². The molecule has 142 valence electrons. The average Bonchev–Trinajstić information content (AvgIpc) is 2.68. The van der Waals surface area contributed by atoms with E-state index in [4.69, 9.17) is 4.74 Å². The van der Waals surface area contributed by atoms with Gasteiger partial charge in [0.25, 0.3) is 11.8 Å². The zero-order valence-corrected chi connectivity index (χ0v) is 16.1. The molecular formula is C22H26N2O3. The molecule has 5 nitrogen and oxygen atoms in total. The van der Waals surface area contributed by atoms with Gasteiger partial charge in [-0.3, -0.25) is 9.59 Å². The van der Waals surface area contributed by atoms with Crippen molar-refractivity contribution in [1.29, 1.82) is 0 Å². The van der Waals surface area contributed by atoms with Gasteiger partial charge in [0.1, 0.15) is 0 Å². The first-order valence-corrected chi connectivity index (χ1v) is 9.36. The van der Waals surface area contributed by atoms with Crippen molar-refractivity contribution >= 4 is 17.5 Å². The van der Waals surface area contributed by atoms with E-state index in [1.807, 2.05) is 36.1 Å². The normalized spacial score (nSPS) is 17.0. The minimum absolute atomic E-state index is 0.0387. The van der Waals surface area contributed by atoms with Crippen LogP contribution in [0, 0.1) is 0 Å². The third kappa shape index (κ3) is 4.55. The number of carbonyl (C=O) groups is 2. The second-order valence-electron chi connectivity index (χ2n) is 7.23. The van der Waals surface area contributed by atoms with Crippen molar-refractivity contribution in [3.8, 4) is 0 Å². The van der Waals surface area contributed by atoms with Gasteiger partial charge in [0.05, 0.1) is 19.3 Å². The number of nitrogens with one attached hydrogen (secondary N) is 1. The van der Waals surface area contributed by atoms with E-state index in [2.05, 4.69) is 19.2 Å². The highest BCUT2D eigenvalue weighted by atomic mass is 16.5. The van der Waals surface area contributed by atoms with E-state index >= 15 is 0 Å². The minimum Gasteiger partial charge on any atom is -0.377 e. The molecule has 0 bridgehead atoms. The number of hydrogen-bond acceptors (Lipinski definition) is 3. The molecule has 3 rings (SSSR count). The summed E-state index contributed by atoms with van der Waals surface area (Å²) in [6.45, 7) is 7.90. The maximum absolute atomic E-state index is 12.8. The SMILES string of the molecule is CC(C)c1ccc(C(=O)Nc2cccc(C(=O)N3CCOCC3C)c2)cc1. The van der Waals surface area contributed by atoms with Gasteiger partial charge in [0.15, 0.2) is 0 Å². The van der Waals surface area contributed by atoms with Crippen molar-refractivity contribution in [2.75, 3.05) is 25.1 Å². The molecule has 2 amide bonds. The number of rotatable bonds is 4. The van der Waals surface area contributed by atoms with Crippen LogP contribution < -0.4 is 5.32 Å². The third-order valence-corrected chi connectivity index (χ3v) is 4.84. The first-order valence-electron chi connectivity index (χ1n) is 9.36. The van der Waals surface area contributed by atoms with Gasteiger partial charge in [-0.15, -0.1) is 0 Å². The average molecular weight is 366 g/mol. The standard InChI is InChI=1S/C22H26N2O3/c1-15(2)17-7-9-18(10-8-17)21(25)23-20-6-4-5-19(13-20)22(26)24-11-12-27-14-16(24)3/h4-10,13,15-16H,11-12,14H2,1-3H3,(H,23,25). The van der Waals surface area contributed by atoms with E-state index in [0.29, 0.717) is 42.5 Å². The second-order valence-corrected chi connectivity index (χ2v) is 7.23. The number of ether oxygens (including phenoxy) is 1. The second kappa shape index (κ2) is 8.35. The molecule has 1 atom stereocenters.